The van der Waals surface area contributed by atoms with Gasteiger partial charge in [-0.15, -0.1) is 0 Å². The molecule has 2 aromatic carbocycles. The number of ether oxygens (including phenoxy) is 3. The Labute approximate surface area is 211 Å². The number of aliphatic imine (C=N–C) groups is 1. The highest BCUT2D eigenvalue weighted by atomic mass is 19.1. The van der Waals surface area contributed by atoms with Crippen LogP contribution in [0.1, 0.15) is 62.5 Å². The summed E-state index contributed by atoms with van der Waals surface area (Å²) in [6, 6.07) is 11.7. The van der Waals surface area contributed by atoms with Gasteiger partial charge in [-0.05, 0) is 61.1 Å². The van der Waals surface area contributed by atoms with E-state index in [9.17, 15) is 14.0 Å². The fraction of sp³-hybridized carbons (Fsp3) is 0.414. The smallest absolute Gasteiger partial charge is 0.315 e. The van der Waals surface area contributed by atoms with Crippen molar-refractivity contribution in [2.45, 2.75) is 51.4 Å². The van der Waals surface area contributed by atoms with Gasteiger partial charge in [-0.2, -0.15) is 0 Å². The van der Waals surface area contributed by atoms with Crippen LogP contribution in [-0.2, 0) is 14.3 Å². The Kier molecular flexibility index (Phi) is 7.87. The number of Topliss-reactive ketones (excluding diaryl/α,β-unsaturated/α-hetero) is 1. The largest absolute Gasteiger partial charge is 0.493 e. The molecule has 1 heterocycles. The van der Waals surface area contributed by atoms with Gasteiger partial charge in [0.2, 0.25) is 0 Å². The molecule has 1 unspecified atom stereocenters. The van der Waals surface area contributed by atoms with Gasteiger partial charge in [0.25, 0.3) is 0 Å². The Hall–Kier alpha value is -3.48. The zero-order valence-electron chi connectivity index (χ0n) is 21.2. The molecule has 3 atom stereocenters. The number of halogens is 1. The zero-order chi connectivity index (χ0) is 25.8. The van der Waals surface area contributed by atoms with Crippen molar-refractivity contribution in [2.24, 2.45) is 10.9 Å². The van der Waals surface area contributed by atoms with Crippen LogP contribution in [0.5, 0.6) is 11.5 Å². The van der Waals surface area contributed by atoms with Crippen molar-refractivity contribution >= 4 is 17.5 Å². The van der Waals surface area contributed by atoms with Crippen LogP contribution in [0, 0.1) is 11.7 Å². The maximum absolute atomic E-state index is 13.7. The lowest BCUT2D eigenvalue weighted by atomic mass is 9.69. The summed E-state index contributed by atoms with van der Waals surface area (Å²) in [6.45, 7) is 4.14. The second-order valence-corrected chi connectivity index (χ2v) is 9.28. The average Bonchev–Trinajstić information content (AvgIpc) is 2.87. The third-order valence-corrected chi connectivity index (χ3v) is 6.99. The van der Waals surface area contributed by atoms with Crippen molar-refractivity contribution in [3.05, 3.63) is 70.7 Å². The number of ketones is 1. The highest BCUT2D eigenvalue weighted by molar-refractivity contribution is 6.09. The SMILES string of the molecule is CCCCOC(=O)C1C(C)=NC2=C(C(=O)C[C@H](c3ccc(OC)c(OC)c3)C2)[C@H]1c1ccc(F)cc1. The Morgan fingerprint density at radius 2 is 1.72 bits per heavy atom. The number of unbranched alkanes of at least 4 members (excludes halogenated alkanes) is 1. The van der Waals surface area contributed by atoms with Gasteiger partial charge in [0.1, 0.15) is 11.7 Å². The van der Waals surface area contributed by atoms with Gasteiger partial charge >= 0.3 is 5.97 Å². The zero-order valence-corrected chi connectivity index (χ0v) is 21.2. The molecule has 0 spiro atoms. The van der Waals surface area contributed by atoms with E-state index in [2.05, 4.69) is 0 Å². The molecule has 0 radical (unpaired) electrons. The third-order valence-electron chi connectivity index (χ3n) is 6.99. The number of carbonyl (C=O) groups is 2. The molecular formula is C29H32FNO5. The van der Waals surface area contributed by atoms with Crippen LogP contribution in [0.4, 0.5) is 4.39 Å². The normalized spacial score (nSPS) is 21.5. The van der Waals surface area contributed by atoms with Crippen molar-refractivity contribution in [2.75, 3.05) is 20.8 Å². The molecule has 1 aliphatic heterocycles. The van der Waals surface area contributed by atoms with Crippen LogP contribution in [0.3, 0.4) is 0 Å². The van der Waals surface area contributed by atoms with Crippen LogP contribution in [0.25, 0.3) is 0 Å². The molecule has 2 aromatic rings. The van der Waals surface area contributed by atoms with Crippen LogP contribution < -0.4 is 9.47 Å². The lowest BCUT2D eigenvalue weighted by Crippen LogP contribution is -2.38. The standard InChI is InChI=1S/C29H32FNO5/c1-5-6-13-36-29(33)26-17(2)31-22-14-20(19-9-12-24(34-3)25(16-19)35-4)15-23(32)28(22)27(26)18-7-10-21(30)11-8-18/h7-12,16,20,26-27H,5-6,13-15H2,1-4H3/t20-,26?,27+/m1/s1. The number of allylic oxidation sites excluding steroid dienone is 2. The number of esters is 1. The first-order valence-electron chi connectivity index (χ1n) is 12.3. The maximum Gasteiger partial charge on any atom is 0.315 e. The first-order chi connectivity index (χ1) is 17.4. The molecule has 0 saturated heterocycles. The third kappa shape index (κ3) is 5.06. The summed E-state index contributed by atoms with van der Waals surface area (Å²) in [6.07, 6.45) is 2.48. The van der Waals surface area contributed by atoms with Crippen molar-refractivity contribution in [1.29, 1.82) is 0 Å². The fourth-order valence-corrected chi connectivity index (χ4v) is 5.14. The van der Waals surface area contributed by atoms with E-state index in [0.717, 1.165) is 18.4 Å². The van der Waals surface area contributed by atoms with Crippen LogP contribution in [0.2, 0.25) is 0 Å². The molecule has 6 nitrogen and oxygen atoms in total. The topological polar surface area (TPSA) is 74.2 Å². The highest BCUT2D eigenvalue weighted by Gasteiger charge is 2.44. The van der Waals surface area contributed by atoms with E-state index < -0.39 is 17.8 Å². The molecule has 0 N–H and O–H groups in total. The molecule has 0 amide bonds. The number of carbonyl (C=O) groups excluding carboxylic acids is 2. The molecule has 0 aromatic heterocycles. The first-order valence-corrected chi connectivity index (χ1v) is 12.3. The molecule has 36 heavy (non-hydrogen) atoms. The molecule has 0 bridgehead atoms. The molecule has 190 valence electrons. The molecule has 0 saturated carbocycles. The van der Waals surface area contributed by atoms with Crippen LogP contribution in [-0.4, -0.2) is 38.3 Å². The number of hydrogen-bond acceptors (Lipinski definition) is 6. The molecule has 7 heteroatoms. The quantitative estimate of drug-likeness (QED) is 0.345. The molecular weight excluding hydrogens is 461 g/mol. The van der Waals surface area contributed by atoms with Gasteiger partial charge in [0.05, 0.1) is 20.8 Å². The minimum Gasteiger partial charge on any atom is -0.493 e. The van der Waals surface area contributed by atoms with E-state index in [1.807, 2.05) is 25.1 Å². The Bertz CT molecular complexity index is 1200. The fourth-order valence-electron chi connectivity index (χ4n) is 5.14. The Morgan fingerprint density at radius 3 is 2.39 bits per heavy atom. The number of methoxy groups -OCH3 is 2. The summed E-state index contributed by atoms with van der Waals surface area (Å²) in [5, 5.41) is 0. The lowest BCUT2D eigenvalue weighted by molar-refractivity contribution is -0.146. The predicted molar refractivity (Wildman–Crippen MR) is 135 cm³/mol. The van der Waals surface area contributed by atoms with Gasteiger partial charge < -0.3 is 14.2 Å². The second kappa shape index (κ2) is 11.1. The minimum absolute atomic E-state index is 0.0621. The van der Waals surface area contributed by atoms with Crippen LogP contribution >= 0.6 is 0 Å². The molecule has 4 rings (SSSR count). The van der Waals surface area contributed by atoms with Crippen molar-refractivity contribution < 1.29 is 28.2 Å². The van der Waals surface area contributed by atoms with Gasteiger partial charge in [0.15, 0.2) is 17.3 Å². The van der Waals surface area contributed by atoms with Crippen molar-refractivity contribution in [1.82, 2.24) is 0 Å². The number of hydrogen-bond donors (Lipinski definition) is 0. The van der Waals surface area contributed by atoms with Gasteiger partial charge in [-0.1, -0.05) is 31.5 Å². The lowest BCUT2D eigenvalue weighted by Gasteiger charge is -2.36. The van der Waals surface area contributed by atoms with E-state index in [1.54, 1.807) is 33.3 Å². The second-order valence-electron chi connectivity index (χ2n) is 9.28. The van der Waals surface area contributed by atoms with E-state index in [4.69, 9.17) is 19.2 Å². The molecule has 2 aliphatic rings. The first kappa shape index (κ1) is 25.6. The monoisotopic (exact) mass is 493 g/mol. The number of benzene rings is 2. The predicted octanol–water partition coefficient (Wildman–Crippen LogP) is 5.76. The van der Waals surface area contributed by atoms with Crippen molar-refractivity contribution in [3.63, 3.8) is 0 Å². The molecule has 0 fully saturated rings. The number of rotatable bonds is 8. The summed E-state index contributed by atoms with van der Waals surface area (Å²) in [4.78, 5) is 31.6. The van der Waals surface area contributed by atoms with E-state index in [0.29, 0.717) is 47.1 Å². The summed E-state index contributed by atoms with van der Waals surface area (Å²) in [7, 11) is 3.16. The van der Waals surface area contributed by atoms with Gasteiger partial charge in [-0.3, -0.25) is 14.6 Å². The Morgan fingerprint density at radius 1 is 1.03 bits per heavy atom. The van der Waals surface area contributed by atoms with Crippen molar-refractivity contribution in [3.8, 4) is 11.5 Å². The van der Waals surface area contributed by atoms with E-state index in [-0.39, 0.29) is 23.9 Å². The average molecular weight is 494 g/mol. The highest BCUT2D eigenvalue weighted by Crippen LogP contribution is 2.47. The van der Waals surface area contributed by atoms with E-state index >= 15 is 0 Å². The summed E-state index contributed by atoms with van der Waals surface area (Å²) >= 11 is 0. The van der Waals surface area contributed by atoms with Gasteiger partial charge in [0, 0.05) is 29.3 Å². The summed E-state index contributed by atoms with van der Waals surface area (Å²) in [5.74, 6) is -0.999. The van der Waals surface area contributed by atoms with Crippen LogP contribution in [0.15, 0.2) is 58.7 Å². The summed E-state index contributed by atoms with van der Waals surface area (Å²) < 4.78 is 30.1. The minimum atomic E-state index is -0.729. The summed E-state index contributed by atoms with van der Waals surface area (Å²) in [5.41, 5.74) is 3.47. The Balaban J connectivity index is 1.73. The van der Waals surface area contributed by atoms with E-state index in [1.165, 1.54) is 12.1 Å². The molecule has 1 aliphatic carbocycles. The van der Waals surface area contributed by atoms with Gasteiger partial charge in [-0.25, -0.2) is 4.39 Å². The number of nitrogens with zero attached hydrogens (tertiary/aromatic N) is 1. The maximum atomic E-state index is 13.7.